The molecular formula is C15H27N3S. The Morgan fingerprint density at radius 2 is 2.16 bits per heavy atom. The minimum Gasteiger partial charge on any atom is -0.351 e. The average molecular weight is 281 g/mol. The lowest BCUT2D eigenvalue weighted by Crippen LogP contribution is -2.24. The summed E-state index contributed by atoms with van der Waals surface area (Å²) in [5.74, 6) is 1.58. The van der Waals surface area contributed by atoms with E-state index < -0.39 is 0 Å². The minimum absolute atomic E-state index is 0.697. The van der Waals surface area contributed by atoms with Crippen molar-refractivity contribution in [1.82, 2.24) is 10.3 Å². The van der Waals surface area contributed by atoms with Crippen LogP contribution in [0.5, 0.6) is 0 Å². The topological polar surface area (TPSA) is 28.2 Å². The van der Waals surface area contributed by atoms with Gasteiger partial charge in [-0.05, 0) is 31.2 Å². The van der Waals surface area contributed by atoms with Gasteiger partial charge < -0.3 is 10.2 Å². The summed E-state index contributed by atoms with van der Waals surface area (Å²) in [5, 5.41) is 6.81. The lowest BCUT2D eigenvalue weighted by atomic mass is 10.1. The molecule has 1 saturated carbocycles. The minimum atomic E-state index is 0.697. The summed E-state index contributed by atoms with van der Waals surface area (Å²) in [6, 6.07) is 0. The molecule has 108 valence electrons. The van der Waals surface area contributed by atoms with Gasteiger partial charge in [0.25, 0.3) is 0 Å². The monoisotopic (exact) mass is 281 g/mol. The van der Waals surface area contributed by atoms with Crippen molar-refractivity contribution in [2.24, 2.45) is 11.8 Å². The summed E-state index contributed by atoms with van der Waals surface area (Å²) in [7, 11) is 2.18. The van der Waals surface area contributed by atoms with Crippen LogP contribution in [-0.2, 0) is 6.54 Å². The predicted molar refractivity (Wildman–Crippen MR) is 83.9 cm³/mol. The molecular weight excluding hydrogens is 254 g/mol. The first-order valence-electron chi connectivity index (χ1n) is 7.51. The number of nitrogens with zero attached hydrogens (tertiary/aromatic N) is 2. The molecule has 1 heterocycles. The van der Waals surface area contributed by atoms with E-state index in [1.54, 1.807) is 11.3 Å². The Balaban J connectivity index is 1.78. The molecule has 1 fully saturated rings. The normalized spacial score (nSPS) is 16.4. The lowest BCUT2D eigenvalue weighted by Gasteiger charge is -2.19. The molecule has 19 heavy (non-hydrogen) atoms. The molecule has 1 aromatic rings. The maximum Gasteiger partial charge on any atom is 0.185 e. The third-order valence-corrected chi connectivity index (χ3v) is 4.74. The fraction of sp³-hybridized carbons (Fsp3) is 0.800. The zero-order valence-corrected chi connectivity index (χ0v) is 13.3. The standard InChI is InChI=1S/C15H27N3S/c1-12(2)8-16-9-14-11-19-15(17-14)18(3)10-13-6-4-5-7-13/h11-13,16H,4-10H2,1-3H3. The van der Waals surface area contributed by atoms with E-state index in [0.717, 1.165) is 19.0 Å². The van der Waals surface area contributed by atoms with Gasteiger partial charge in [0.15, 0.2) is 5.13 Å². The van der Waals surface area contributed by atoms with Gasteiger partial charge in [-0.3, -0.25) is 0 Å². The first-order chi connectivity index (χ1) is 9.15. The molecule has 2 rings (SSSR count). The van der Waals surface area contributed by atoms with Gasteiger partial charge in [0.05, 0.1) is 5.69 Å². The first kappa shape index (κ1) is 14.8. The van der Waals surface area contributed by atoms with Crippen molar-refractivity contribution < 1.29 is 0 Å². The average Bonchev–Trinajstić information content (AvgIpc) is 2.99. The second-order valence-corrected chi connectivity index (χ2v) is 7.01. The van der Waals surface area contributed by atoms with E-state index >= 15 is 0 Å². The van der Waals surface area contributed by atoms with Crippen LogP contribution in [0.25, 0.3) is 0 Å². The van der Waals surface area contributed by atoms with Crippen LogP contribution in [0.4, 0.5) is 5.13 Å². The molecule has 0 spiro atoms. The molecule has 1 aliphatic carbocycles. The van der Waals surface area contributed by atoms with Crippen LogP contribution in [0.3, 0.4) is 0 Å². The van der Waals surface area contributed by atoms with Crippen LogP contribution in [-0.4, -0.2) is 25.1 Å². The van der Waals surface area contributed by atoms with E-state index in [4.69, 9.17) is 4.98 Å². The molecule has 1 aromatic heterocycles. The molecule has 0 aromatic carbocycles. The van der Waals surface area contributed by atoms with Gasteiger partial charge in [-0.25, -0.2) is 4.98 Å². The summed E-state index contributed by atoms with van der Waals surface area (Å²) in [4.78, 5) is 7.07. The van der Waals surface area contributed by atoms with Crippen molar-refractivity contribution in [3.63, 3.8) is 0 Å². The Kier molecular flexibility index (Phi) is 5.64. The van der Waals surface area contributed by atoms with Crippen molar-refractivity contribution >= 4 is 16.5 Å². The molecule has 1 aliphatic rings. The third-order valence-electron chi connectivity index (χ3n) is 3.73. The van der Waals surface area contributed by atoms with Crippen LogP contribution < -0.4 is 10.2 Å². The molecule has 1 N–H and O–H groups in total. The Bertz CT molecular complexity index is 369. The van der Waals surface area contributed by atoms with Crippen LogP contribution in [0, 0.1) is 11.8 Å². The van der Waals surface area contributed by atoms with Crippen LogP contribution >= 0.6 is 11.3 Å². The SMILES string of the molecule is CC(C)CNCc1csc(N(C)CC2CCCC2)n1. The number of rotatable bonds is 7. The van der Waals surface area contributed by atoms with Gasteiger partial charge in [-0.2, -0.15) is 0 Å². The first-order valence-corrected chi connectivity index (χ1v) is 8.39. The lowest BCUT2D eigenvalue weighted by molar-refractivity contribution is 0.543. The van der Waals surface area contributed by atoms with Gasteiger partial charge in [-0.1, -0.05) is 26.7 Å². The molecule has 0 saturated heterocycles. The highest BCUT2D eigenvalue weighted by Crippen LogP contribution is 2.28. The second-order valence-electron chi connectivity index (χ2n) is 6.18. The summed E-state index contributed by atoms with van der Waals surface area (Å²) >= 11 is 1.77. The zero-order chi connectivity index (χ0) is 13.7. The fourth-order valence-corrected chi connectivity index (χ4v) is 3.50. The highest BCUT2D eigenvalue weighted by Gasteiger charge is 2.18. The molecule has 0 aliphatic heterocycles. The van der Waals surface area contributed by atoms with Gasteiger partial charge in [0.2, 0.25) is 0 Å². The number of anilines is 1. The number of thiazole rings is 1. The molecule has 0 atom stereocenters. The highest BCUT2D eigenvalue weighted by molar-refractivity contribution is 7.13. The van der Waals surface area contributed by atoms with E-state index in [1.807, 2.05) is 0 Å². The number of aromatic nitrogens is 1. The van der Waals surface area contributed by atoms with Crippen molar-refractivity contribution in [2.75, 3.05) is 25.0 Å². The summed E-state index contributed by atoms with van der Waals surface area (Å²) in [5.41, 5.74) is 1.18. The van der Waals surface area contributed by atoms with Crippen molar-refractivity contribution in [1.29, 1.82) is 0 Å². The van der Waals surface area contributed by atoms with E-state index in [2.05, 4.69) is 36.5 Å². The molecule has 0 bridgehead atoms. The van der Waals surface area contributed by atoms with E-state index in [-0.39, 0.29) is 0 Å². The summed E-state index contributed by atoms with van der Waals surface area (Å²) in [6.45, 7) is 7.59. The van der Waals surface area contributed by atoms with E-state index in [1.165, 1.54) is 43.1 Å². The van der Waals surface area contributed by atoms with Crippen LogP contribution in [0.15, 0.2) is 5.38 Å². The fourth-order valence-electron chi connectivity index (χ4n) is 2.70. The van der Waals surface area contributed by atoms with Crippen molar-refractivity contribution in [3.05, 3.63) is 11.1 Å². The zero-order valence-electron chi connectivity index (χ0n) is 12.5. The smallest absolute Gasteiger partial charge is 0.185 e. The Labute approximate surface area is 121 Å². The molecule has 4 heteroatoms. The molecule has 0 amide bonds. The van der Waals surface area contributed by atoms with Crippen molar-refractivity contribution in [3.8, 4) is 0 Å². The van der Waals surface area contributed by atoms with Gasteiger partial charge in [-0.15, -0.1) is 11.3 Å². The van der Waals surface area contributed by atoms with Gasteiger partial charge in [0, 0.05) is 25.5 Å². The number of hydrogen-bond donors (Lipinski definition) is 1. The molecule has 0 unspecified atom stereocenters. The maximum atomic E-state index is 4.73. The van der Waals surface area contributed by atoms with Crippen molar-refractivity contribution in [2.45, 2.75) is 46.1 Å². The van der Waals surface area contributed by atoms with Crippen LogP contribution in [0.1, 0.15) is 45.2 Å². The molecule has 0 radical (unpaired) electrons. The van der Waals surface area contributed by atoms with Gasteiger partial charge in [0.1, 0.15) is 0 Å². The van der Waals surface area contributed by atoms with E-state index in [0.29, 0.717) is 5.92 Å². The third kappa shape index (κ3) is 4.77. The largest absolute Gasteiger partial charge is 0.351 e. The quantitative estimate of drug-likeness (QED) is 0.829. The summed E-state index contributed by atoms with van der Waals surface area (Å²) < 4.78 is 0. The Hall–Kier alpha value is -0.610. The number of nitrogens with one attached hydrogen (secondary N) is 1. The van der Waals surface area contributed by atoms with Crippen LogP contribution in [0.2, 0.25) is 0 Å². The Morgan fingerprint density at radius 1 is 1.42 bits per heavy atom. The highest BCUT2D eigenvalue weighted by atomic mass is 32.1. The summed E-state index contributed by atoms with van der Waals surface area (Å²) in [6.07, 6.45) is 5.64. The van der Waals surface area contributed by atoms with E-state index in [9.17, 15) is 0 Å². The predicted octanol–water partition coefficient (Wildman–Crippen LogP) is 3.52. The molecule has 3 nitrogen and oxygen atoms in total. The van der Waals surface area contributed by atoms with Gasteiger partial charge >= 0.3 is 0 Å². The Morgan fingerprint density at radius 3 is 2.84 bits per heavy atom. The maximum absolute atomic E-state index is 4.73. The second kappa shape index (κ2) is 7.25. The number of hydrogen-bond acceptors (Lipinski definition) is 4.